The number of pyridine rings is 1. The first-order valence-corrected chi connectivity index (χ1v) is 11.5. The summed E-state index contributed by atoms with van der Waals surface area (Å²) >= 11 is 1.43. The van der Waals surface area contributed by atoms with Gasteiger partial charge in [-0.25, -0.2) is 4.98 Å². The van der Waals surface area contributed by atoms with Gasteiger partial charge in [0.15, 0.2) is 16.6 Å². The summed E-state index contributed by atoms with van der Waals surface area (Å²) < 4.78 is 17.8. The van der Waals surface area contributed by atoms with Crippen molar-refractivity contribution in [2.75, 3.05) is 25.2 Å². The Morgan fingerprint density at radius 3 is 2.52 bits per heavy atom. The Morgan fingerprint density at radius 2 is 1.79 bits per heavy atom. The number of nitrogens with zero attached hydrogens (tertiary/aromatic N) is 3. The Balaban J connectivity index is 1.77. The number of benzene rings is 2. The monoisotopic (exact) mass is 463 g/mol. The molecule has 0 saturated carbocycles. The van der Waals surface area contributed by atoms with E-state index < -0.39 is 0 Å². The van der Waals surface area contributed by atoms with Crippen LogP contribution in [0.15, 0.2) is 60.8 Å². The molecule has 0 saturated heterocycles. The van der Waals surface area contributed by atoms with Gasteiger partial charge in [0.05, 0.1) is 37.3 Å². The lowest BCUT2D eigenvalue weighted by atomic mass is 10.1. The lowest BCUT2D eigenvalue weighted by Gasteiger charge is -2.20. The molecule has 0 aliphatic rings. The molecule has 0 N–H and O–H groups in total. The van der Waals surface area contributed by atoms with Gasteiger partial charge in [0, 0.05) is 11.8 Å². The number of thiazole rings is 1. The molecule has 7 nitrogen and oxygen atoms in total. The molecule has 0 radical (unpaired) electrons. The fourth-order valence-corrected chi connectivity index (χ4v) is 4.39. The van der Waals surface area contributed by atoms with Crippen molar-refractivity contribution in [3.8, 4) is 17.2 Å². The molecule has 170 valence electrons. The zero-order valence-corrected chi connectivity index (χ0v) is 19.6. The van der Waals surface area contributed by atoms with Gasteiger partial charge in [0.2, 0.25) is 0 Å². The van der Waals surface area contributed by atoms with E-state index in [1.54, 1.807) is 36.4 Å². The van der Waals surface area contributed by atoms with E-state index in [-0.39, 0.29) is 12.5 Å². The molecule has 0 fully saturated rings. The normalized spacial score (nSPS) is 10.8. The summed E-state index contributed by atoms with van der Waals surface area (Å²) in [5.41, 5.74) is 1.96. The van der Waals surface area contributed by atoms with Crippen LogP contribution in [0.5, 0.6) is 17.2 Å². The van der Waals surface area contributed by atoms with Crippen LogP contribution in [0, 0.1) is 0 Å². The molecular formula is C25H25N3O4S. The number of aromatic nitrogens is 2. The van der Waals surface area contributed by atoms with Gasteiger partial charge in [-0.1, -0.05) is 23.5 Å². The number of carbonyl (C=O) groups is 1. The van der Waals surface area contributed by atoms with Crippen LogP contribution in [0.4, 0.5) is 5.13 Å². The van der Waals surface area contributed by atoms with E-state index in [9.17, 15) is 4.79 Å². The standard InChI is InChI=1S/C25H25N3O4S/c1-4-31-19-13-12-17(15-21(19)32-5-2)24(29)28(16-18-9-6-7-14-26-18)25-27-23-20(30-3)10-8-11-22(23)33-25/h6-15H,4-5,16H2,1-3H3. The fourth-order valence-electron chi connectivity index (χ4n) is 3.41. The Hall–Kier alpha value is -3.65. The maximum absolute atomic E-state index is 13.7. The first kappa shape index (κ1) is 22.5. The van der Waals surface area contributed by atoms with Gasteiger partial charge < -0.3 is 14.2 Å². The number of hydrogen-bond donors (Lipinski definition) is 0. The molecule has 0 spiro atoms. The molecule has 0 atom stereocenters. The summed E-state index contributed by atoms with van der Waals surface area (Å²) in [6, 6.07) is 16.6. The molecular weight excluding hydrogens is 438 g/mol. The SMILES string of the molecule is CCOc1ccc(C(=O)N(Cc2ccccn2)c2nc3c(OC)cccc3s2)cc1OCC. The Morgan fingerprint density at radius 1 is 0.970 bits per heavy atom. The third-order valence-corrected chi connectivity index (χ3v) is 5.95. The van der Waals surface area contributed by atoms with Gasteiger partial charge in [-0.05, 0) is 56.3 Å². The summed E-state index contributed by atoms with van der Waals surface area (Å²) in [6.45, 7) is 5.05. The largest absolute Gasteiger partial charge is 0.494 e. The maximum atomic E-state index is 13.7. The molecule has 4 rings (SSSR count). The van der Waals surface area contributed by atoms with E-state index >= 15 is 0 Å². The molecule has 0 aliphatic carbocycles. The molecule has 0 bridgehead atoms. The van der Waals surface area contributed by atoms with E-state index in [2.05, 4.69) is 4.98 Å². The van der Waals surface area contributed by atoms with E-state index in [1.165, 1.54) is 11.3 Å². The number of amides is 1. The van der Waals surface area contributed by atoms with Crippen molar-refractivity contribution in [2.24, 2.45) is 0 Å². The summed E-state index contributed by atoms with van der Waals surface area (Å²) in [4.78, 5) is 24.5. The number of fused-ring (bicyclic) bond motifs is 1. The van der Waals surface area contributed by atoms with Crippen LogP contribution in [-0.2, 0) is 6.54 Å². The van der Waals surface area contributed by atoms with Crippen molar-refractivity contribution in [3.05, 3.63) is 72.1 Å². The van der Waals surface area contributed by atoms with Crippen LogP contribution in [0.2, 0.25) is 0 Å². The summed E-state index contributed by atoms with van der Waals surface area (Å²) in [6.07, 6.45) is 1.71. The highest BCUT2D eigenvalue weighted by molar-refractivity contribution is 7.22. The Bertz CT molecular complexity index is 1240. The minimum absolute atomic E-state index is 0.206. The van der Waals surface area contributed by atoms with Crippen LogP contribution < -0.4 is 19.1 Å². The third kappa shape index (κ3) is 4.90. The highest BCUT2D eigenvalue weighted by atomic mass is 32.1. The molecule has 2 aromatic heterocycles. The lowest BCUT2D eigenvalue weighted by molar-refractivity contribution is 0.0984. The second kappa shape index (κ2) is 10.3. The van der Waals surface area contributed by atoms with Gasteiger partial charge in [-0.2, -0.15) is 0 Å². The fraction of sp³-hybridized carbons (Fsp3) is 0.240. The molecule has 0 aliphatic heterocycles. The van der Waals surface area contributed by atoms with E-state index in [4.69, 9.17) is 19.2 Å². The van der Waals surface area contributed by atoms with Crippen LogP contribution in [-0.4, -0.2) is 36.2 Å². The quantitative estimate of drug-likeness (QED) is 0.333. The number of para-hydroxylation sites is 1. The first-order chi connectivity index (χ1) is 16.1. The minimum Gasteiger partial charge on any atom is -0.494 e. The second-order valence-electron chi connectivity index (χ2n) is 7.04. The van der Waals surface area contributed by atoms with E-state index in [0.29, 0.717) is 41.2 Å². The average Bonchev–Trinajstić information content (AvgIpc) is 3.28. The van der Waals surface area contributed by atoms with Crippen molar-refractivity contribution < 1.29 is 19.0 Å². The second-order valence-corrected chi connectivity index (χ2v) is 8.05. The van der Waals surface area contributed by atoms with E-state index in [0.717, 1.165) is 15.9 Å². The number of rotatable bonds is 9. The van der Waals surface area contributed by atoms with Gasteiger partial charge in [-0.3, -0.25) is 14.7 Å². The number of anilines is 1. The minimum atomic E-state index is -0.206. The first-order valence-electron chi connectivity index (χ1n) is 10.7. The van der Waals surface area contributed by atoms with Gasteiger partial charge in [-0.15, -0.1) is 0 Å². The van der Waals surface area contributed by atoms with Crippen LogP contribution in [0.1, 0.15) is 29.9 Å². The zero-order valence-electron chi connectivity index (χ0n) is 18.8. The number of ether oxygens (including phenoxy) is 3. The zero-order chi connectivity index (χ0) is 23.2. The van der Waals surface area contributed by atoms with Gasteiger partial charge in [0.25, 0.3) is 5.91 Å². The summed E-state index contributed by atoms with van der Waals surface area (Å²) in [5, 5.41) is 0.567. The van der Waals surface area contributed by atoms with Crippen LogP contribution in [0.3, 0.4) is 0 Å². The van der Waals surface area contributed by atoms with Crippen LogP contribution in [0.25, 0.3) is 10.2 Å². The number of carbonyl (C=O) groups excluding carboxylic acids is 1. The molecule has 33 heavy (non-hydrogen) atoms. The maximum Gasteiger partial charge on any atom is 0.260 e. The Labute approximate surface area is 196 Å². The predicted molar refractivity (Wildman–Crippen MR) is 130 cm³/mol. The molecule has 8 heteroatoms. The number of methoxy groups -OCH3 is 1. The number of hydrogen-bond acceptors (Lipinski definition) is 7. The highest BCUT2D eigenvalue weighted by Crippen LogP contribution is 2.36. The van der Waals surface area contributed by atoms with Crippen molar-refractivity contribution in [2.45, 2.75) is 20.4 Å². The Kier molecular flexibility index (Phi) is 7.04. The topological polar surface area (TPSA) is 73.8 Å². The van der Waals surface area contributed by atoms with Crippen molar-refractivity contribution >= 4 is 32.6 Å². The third-order valence-electron chi connectivity index (χ3n) is 4.90. The van der Waals surface area contributed by atoms with Crippen LogP contribution >= 0.6 is 11.3 Å². The molecule has 2 heterocycles. The van der Waals surface area contributed by atoms with E-state index in [1.807, 2.05) is 50.2 Å². The highest BCUT2D eigenvalue weighted by Gasteiger charge is 2.24. The summed E-state index contributed by atoms with van der Waals surface area (Å²) in [5.74, 6) is 1.61. The molecule has 2 aromatic carbocycles. The van der Waals surface area contributed by atoms with Crippen molar-refractivity contribution in [1.82, 2.24) is 9.97 Å². The lowest BCUT2D eigenvalue weighted by Crippen LogP contribution is -2.30. The molecule has 1 amide bonds. The molecule has 0 unspecified atom stereocenters. The molecule has 4 aromatic rings. The van der Waals surface area contributed by atoms with Gasteiger partial charge >= 0.3 is 0 Å². The van der Waals surface area contributed by atoms with Crippen molar-refractivity contribution in [3.63, 3.8) is 0 Å². The van der Waals surface area contributed by atoms with Gasteiger partial charge in [0.1, 0.15) is 11.3 Å². The smallest absolute Gasteiger partial charge is 0.260 e. The predicted octanol–water partition coefficient (Wildman–Crippen LogP) is 5.34. The summed E-state index contributed by atoms with van der Waals surface area (Å²) in [7, 11) is 1.61. The average molecular weight is 464 g/mol. The van der Waals surface area contributed by atoms with Crippen molar-refractivity contribution in [1.29, 1.82) is 0 Å².